The summed E-state index contributed by atoms with van der Waals surface area (Å²) in [6.45, 7) is 3.00. The molecule has 0 atom stereocenters. The van der Waals surface area contributed by atoms with E-state index in [1.54, 1.807) is 7.11 Å². The van der Waals surface area contributed by atoms with Crippen LogP contribution in [0.4, 0.5) is 0 Å². The molecule has 0 saturated carbocycles. The molecule has 1 aromatic heterocycles. The molecule has 0 spiro atoms. The smallest absolute Gasteiger partial charge is 0.120 e. The predicted octanol–water partition coefficient (Wildman–Crippen LogP) is 5.16. The monoisotopic (exact) mass is 301 g/mol. The maximum absolute atomic E-state index is 5.43. The normalized spacial score (nSPS) is 11.2. The molecule has 0 saturated heterocycles. The summed E-state index contributed by atoms with van der Waals surface area (Å²) in [6, 6.07) is 23.6. The summed E-state index contributed by atoms with van der Waals surface area (Å²) in [5, 5.41) is 2.58. The third-order valence-corrected chi connectivity index (χ3v) is 4.41. The molecule has 2 heteroatoms. The lowest BCUT2D eigenvalue weighted by Gasteiger charge is -2.08. The van der Waals surface area contributed by atoms with Gasteiger partial charge in [-0.3, -0.25) is 0 Å². The Bertz CT molecular complexity index is 983. The molecule has 0 bridgehead atoms. The van der Waals surface area contributed by atoms with Gasteiger partial charge >= 0.3 is 0 Å². The molecule has 0 unspecified atom stereocenters. The lowest BCUT2D eigenvalue weighted by molar-refractivity contribution is 0.415. The van der Waals surface area contributed by atoms with Crippen molar-refractivity contribution >= 4 is 21.8 Å². The molecular weight excluding hydrogens is 282 g/mol. The van der Waals surface area contributed by atoms with Crippen molar-refractivity contribution in [1.82, 2.24) is 4.57 Å². The molecule has 0 aliphatic heterocycles. The van der Waals surface area contributed by atoms with Crippen molar-refractivity contribution in [2.24, 2.45) is 0 Å². The maximum Gasteiger partial charge on any atom is 0.120 e. The average molecular weight is 301 g/mol. The number of fused-ring (bicyclic) bond motifs is 3. The summed E-state index contributed by atoms with van der Waals surface area (Å²) < 4.78 is 7.81. The fraction of sp³-hybridized carbons (Fsp3) is 0.143. The summed E-state index contributed by atoms with van der Waals surface area (Å²) in [5.41, 5.74) is 5.07. The Kier molecular flexibility index (Phi) is 3.30. The summed E-state index contributed by atoms with van der Waals surface area (Å²) in [7, 11) is 1.72. The van der Waals surface area contributed by atoms with Gasteiger partial charge in [-0.05, 0) is 36.8 Å². The minimum absolute atomic E-state index is 0.858. The van der Waals surface area contributed by atoms with Gasteiger partial charge in [0.15, 0.2) is 0 Å². The van der Waals surface area contributed by atoms with Crippen LogP contribution in [0.3, 0.4) is 0 Å². The number of benzene rings is 3. The minimum atomic E-state index is 0.858. The molecule has 23 heavy (non-hydrogen) atoms. The van der Waals surface area contributed by atoms with Gasteiger partial charge in [0.2, 0.25) is 0 Å². The number of aromatic nitrogens is 1. The first-order valence-corrected chi connectivity index (χ1v) is 7.87. The molecule has 0 aliphatic rings. The number of hydrogen-bond donors (Lipinski definition) is 0. The van der Waals surface area contributed by atoms with Crippen molar-refractivity contribution in [3.8, 4) is 5.75 Å². The van der Waals surface area contributed by atoms with Crippen LogP contribution in [0, 0.1) is 6.92 Å². The molecule has 0 aliphatic carbocycles. The van der Waals surface area contributed by atoms with Crippen LogP contribution >= 0.6 is 0 Å². The largest absolute Gasteiger partial charge is 0.497 e. The highest BCUT2D eigenvalue weighted by Crippen LogP contribution is 2.32. The van der Waals surface area contributed by atoms with Crippen molar-refractivity contribution in [2.45, 2.75) is 13.5 Å². The highest BCUT2D eigenvalue weighted by molar-refractivity contribution is 6.08. The molecular formula is C21H19NO. The van der Waals surface area contributed by atoms with Gasteiger partial charge in [0, 0.05) is 28.9 Å². The second-order valence-corrected chi connectivity index (χ2v) is 5.98. The number of methoxy groups -OCH3 is 1. The zero-order valence-electron chi connectivity index (χ0n) is 13.4. The fourth-order valence-electron chi connectivity index (χ4n) is 3.26. The minimum Gasteiger partial charge on any atom is -0.497 e. The van der Waals surface area contributed by atoms with Crippen LogP contribution in [0.5, 0.6) is 5.75 Å². The number of nitrogens with zero attached hydrogens (tertiary/aromatic N) is 1. The van der Waals surface area contributed by atoms with E-state index < -0.39 is 0 Å². The maximum atomic E-state index is 5.43. The zero-order chi connectivity index (χ0) is 15.8. The summed E-state index contributed by atoms with van der Waals surface area (Å²) >= 11 is 0. The first kappa shape index (κ1) is 13.9. The standard InChI is InChI=1S/C21H19NO/c1-15-8-11-20-19(12-15)18-10-9-17(23-2)13-21(18)22(20)14-16-6-4-3-5-7-16/h3-13H,14H2,1-2H3. The molecule has 2 nitrogen and oxygen atoms in total. The molecule has 0 amide bonds. The second kappa shape index (κ2) is 5.47. The van der Waals surface area contributed by atoms with E-state index in [0.29, 0.717) is 0 Å². The van der Waals surface area contributed by atoms with Gasteiger partial charge in [-0.2, -0.15) is 0 Å². The fourth-order valence-corrected chi connectivity index (χ4v) is 3.26. The summed E-state index contributed by atoms with van der Waals surface area (Å²) in [4.78, 5) is 0. The first-order valence-electron chi connectivity index (χ1n) is 7.87. The van der Waals surface area contributed by atoms with E-state index in [1.165, 1.54) is 32.9 Å². The Balaban J connectivity index is 2.01. The third-order valence-electron chi connectivity index (χ3n) is 4.41. The average Bonchev–Trinajstić information content (AvgIpc) is 2.88. The number of ether oxygens (including phenoxy) is 1. The number of rotatable bonds is 3. The summed E-state index contributed by atoms with van der Waals surface area (Å²) in [6.07, 6.45) is 0. The molecule has 1 heterocycles. The van der Waals surface area contributed by atoms with Crippen LogP contribution in [-0.2, 0) is 6.54 Å². The topological polar surface area (TPSA) is 14.2 Å². The Hall–Kier alpha value is -2.74. The van der Waals surface area contributed by atoms with Crippen LogP contribution in [0.1, 0.15) is 11.1 Å². The lowest BCUT2D eigenvalue weighted by Crippen LogP contribution is -1.99. The predicted molar refractivity (Wildman–Crippen MR) is 96.3 cm³/mol. The third kappa shape index (κ3) is 2.36. The van der Waals surface area contributed by atoms with Crippen molar-refractivity contribution < 1.29 is 4.74 Å². The van der Waals surface area contributed by atoms with Crippen LogP contribution in [0.15, 0.2) is 66.7 Å². The second-order valence-electron chi connectivity index (χ2n) is 5.98. The zero-order valence-corrected chi connectivity index (χ0v) is 13.4. The van der Waals surface area contributed by atoms with Gasteiger partial charge < -0.3 is 9.30 Å². The van der Waals surface area contributed by atoms with E-state index >= 15 is 0 Å². The molecule has 114 valence electrons. The van der Waals surface area contributed by atoms with Gasteiger partial charge in [-0.25, -0.2) is 0 Å². The van der Waals surface area contributed by atoms with E-state index in [0.717, 1.165) is 12.3 Å². The molecule has 0 N–H and O–H groups in total. The first-order chi connectivity index (χ1) is 11.3. The van der Waals surface area contributed by atoms with E-state index in [2.05, 4.69) is 72.2 Å². The van der Waals surface area contributed by atoms with E-state index in [1.807, 2.05) is 6.07 Å². The molecule has 4 rings (SSSR count). The van der Waals surface area contributed by atoms with Crippen LogP contribution in [-0.4, -0.2) is 11.7 Å². The van der Waals surface area contributed by atoms with E-state index in [-0.39, 0.29) is 0 Å². The quantitative estimate of drug-likeness (QED) is 0.510. The highest BCUT2D eigenvalue weighted by atomic mass is 16.5. The molecule has 4 aromatic rings. The Morgan fingerprint density at radius 3 is 2.43 bits per heavy atom. The molecule has 0 radical (unpaired) electrons. The van der Waals surface area contributed by atoms with Gasteiger partial charge in [0.25, 0.3) is 0 Å². The number of aryl methyl sites for hydroxylation is 1. The van der Waals surface area contributed by atoms with Crippen molar-refractivity contribution in [2.75, 3.05) is 7.11 Å². The van der Waals surface area contributed by atoms with Crippen LogP contribution < -0.4 is 4.74 Å². The van der Waals surface area contributed by atoms with Crippen molar-refractivity contribution in [3.05, 3.63) is 77.9 Å². The highest BCUT2D eigenvalue weighted by Gasteiger charge is 2.12. The Morgan fingerprint density at radius 1 is 0.826 bits per heavy atom. The molecule has 0 fully saturated rings. The van der Waals surface area contributed by atoms with Gasteiger partial charge in [-0.1, -0.05) is 42.0 Å². The Morgan fingerprint density at radius 2 is 1.65 bits per heavy atom. The van der Waals surface area contributed by atoms with Crippen LogP contribution in [0.25, 0.3) is 21.8 Å². The lowest BCUT2D eigenvalue weighted by atomic mass is 10.1. The van der Waals surface area contributed by atoms with Crippen LogP contribution in [0.2, 0.25) is 0 Å². The SMILES string of the molecule is COc1ccc2c3cc(C)ccc3n(Cc3ccccc3)c2c1. The van der Waals surface area contributed by atoms with Crippen molar-refractivity contribution in [1.29, 1.82) is 0 Å². The molecule has 3 aromatic carbocycles. The van der Waals surface area contributed by atoms with E-state index in [9.17, 15) is 0 Å². The van der Waals surface area contributed by atoms with Gasteiger partial charge in [0.05, 0.1) is 12.6 Å². The number of hydrogen-bond acceptors (Lipinski definition) is 1. The van der Waals surface area contributed by atoms with Gasteiger partial charge in [0.1, 0.15) is 5.75 Å². The Labute approximate surface area is 135 Å². The van der Waals surface area contributed by atoms with Gasteiger partial charge in [-0.15, -0.1) is 0 Å². The summed E-state index contributed by atoms with van der Waals surface area (Å²) in [5.74, 6) is 0.895. The van der Waals surface area contributed by atoms with E-state index in [4.69, 9.17) is 4.74 Å². The van der Waals surface area contributed by atoms with Crippen molar-refractivity contribution in [3.63, 3.8) is 0 Å².